The molecule has 0 unspecified atom stereocenters. The Morgan fingerprint density at radius 1 is 1.33 bits per heavy atom. The van der Waals surface area contributed by atoms with Crippen LogP contribution in [-0.4, -0.2) is 28.4 Å². The zero-order valence-corrected chi connectivity index (χ0v) is 13.8. The molecule has 126 valence electrons. The number of aromatic nitrogens is 1. The molecule has 4 rings (SSSR count). The lowest BCUT2D eigenvalue weighted by Crippen LogP contribution is -2.48. The van der Waals surface area contributed by atoms with Gasteiger partial charge in [0.25, 0.3) is 0 Å². The first-order valence-corrected chi connectivity index (χ1v) is 7.96. The van der Waals surface area contributed by atoms with E-state index in [1.54, 1.807) is 6.92 Å². The maximum absolute atomic E-state index is 12.4. The third-order valence-electron chi connectivity index (χ3n) is 5.02. The lowest BCUT2D eigenvalue weighted by molar-refractivity contribution is -0.130. The number of aryl methyl sites for hydroxylation is 1. The number of benzene rings is 1. The van der Waals surface area contributed by atoms with Crippen LogP contribution < -0.4 is 9.47 Å². The molecule has 6 heteroatoms. The predicted molar refractivity (Wildman–Crippen MR) is 84.1 cm³/mol. The number of hydrogen-bond acceptors (Lipinski definition) is 6. The summed E-state index contributed by atoms with van der Waals surface area (Å²) < 4.78 is 16.2. The van der Waals surface area contributed by atoms with Gasteiger partial charge in [0.15, 0.2) is 11.5 Å². The summed E-state index contributed by atoms with van der Waals surface area (Å²) in [5.41, 5.74) is 1.29. The Balaban J connectivity index is 1.92. The van der Waals surface area contributed by atoms with Gasteiger partial charge in [-0.25, -0.2) is 0 Å². The van der Waals surface area contributed by atoms with Crippen molar-refractivity contribution in [2.45, 2.75) is 38.7 Å². The minimum absolute atomic E-state index is 0.0612. The Bertz CT molecular complexity index is 823. The highest BCUT2D eigenvalue weighted by molar-refractivity contribution is 5.82. The molecule has 1 aromatic heterocycles. The quantitative estimate of drug-likeness (QED) is 0.911. The number of carbonyl (C=O) groups excluding carboxylic acids is 1. The molecule has 3 atom stereocenters. The number of ketones is 1. The van der Waals surface area contributed by atoms with Gasteiger partial charge >= 0.3 is 0 Å². The van der Waals surface area contributed by atoms with Gasteiger partial charge in [-0.15, -0.1) is 0 Å². The monoisotopic (exact) mass is 329 g/mol. The zero-order chi connectivity index (χ0) is 17.1. The first kappa shape index (κ1) is 15.2. The number of fused-ring (bicyclic) bond motifs is 2. The van der Waals surface area contributed by atoms with Crippen LogP contribution >= 0.6 is 0 Å². The van der Waals surface area contributed by atoms with Crippen LogP contribution in [0.4, 0.5) is 0 Å². The summed E-state index contributed by atoms with van der Waals surface area (Å²) in [5.74, 6) is 1.03. The molecule has 1 aromatic carbocycles. The third-order valence-corrected chi connectivity index (χ3v) is 5.02. The van der Waals surface area contributed by atoms with Crippen LogP contribution in [0.25, 0.3) is 0 Å². The van der Waals surface area contributed by atoms with Crippen molar-refractivity contribution in [2.24, 2.45) is 5.92 Å². The van der Waals surface area contributed by atoms with Crippen LogP contribution in [0, 0.1) is 12.8 Å². The lowest BCUT2D eigenvalue weighted by Gasteiger charge is -2.40. The van der Waals surface area contributed by atoms with Crippen LogP contribution in [0.5, 0.6) is 11.5 Å². The van der Waals surface area contributed by atoms with Gasteiger partial charge < -0.3 is 19.1 Å². The standard InChI is InChI=1S/C18H19NO5/c1-9(20)17-16(11-4-5-13-14(6-11)23-8-22-13)15-10(2)24-19-12(15)7-18(17,3)21/h4-6,16-17,21H,7-8H2,1-3H3/t16-,17+,18+/m1/s1. The normalized spacial score (nSPS) is 27.8. The number of ether oxygens (including phenoxy) is 2. The number of nitrogens with zero attached hydrogens (tertiary/aromatic N) is 1. The number of hydrogen-bond donors (Lipinski definition) is 1. The van der Waals surface area contributed by atoms with E-state index in [9.17, 15) is 9.90 Å². The van der Waals surface area contributed by atoms with Crippen molar-refractivity contribution in [2.75, 3.05) is 6.79 Å². The highest BCUT2D eigenvalue weighted by atomic mass is 16.7. The summed E-state index contributed by atoms with van der Waals surface area (Å²) in [7, 11) is 0. The van der Waals surface area contributed by atoms with E-state index >= 15 is 0 Å². The molecular weight excluding hydrogens is 310 g/mol. The van der Waals surface area contributed by atoms with Crippen molar-refractivity contribution in [1.82, 2.24) is 5.16 Å². The molecule has 0 spiro atoms. The zero-order valence-electron chi connectivity index (χ0n) is 13.8. The predicted octanol–water partition coefficient (Wildman–Crippen LogP) is 2.36. The molecule has 0 fully saturated rings. The molecule has 1 N–H and O–H groups in total. The van der Waals surface area contributed by atoms with Crippen molar-refractivity contribution in [3.63, 3.8) is 0 Å². The smallest absolute Gasteiger partial charge is 0.231 e. The highest BCUT2D eigenvalue weighted by Gasteiger charge is 2.49. The number of rotatable bonds is 2. The second-order valence-electron chi connectivity index (χ2n) is 6.81. The molecule has 6 nitrogen and oxygen atoms in total. The molecule has 2 heterocycles. The fourth-order valence-electron chi connectivity index (χ4n) is 4.06. The fraction of sp³-hybridized carbons (Fsp3) is 0.444. The van der Waals surface area contributed by atoms with Crippen LogP contribution in [-0.2, 0) is 11.2 Å². The van der Waals surface area contributed by atoms with Crippen LogP contribution in [0.2, 0.25) is 0 Å². The van der Waals surface area contributed by atoms with Gasteiger partial charge in [0, 0.05) is 17.9 Å². The topological polar surface area (TPSA) is 81.8 Å². The molecule has 1 aliphatic carbocycles. The lowest BCUT2D eigenvalue weighted by atomic mass is 9.64. The first-order chi connectivity index (χ1) is 11.4. The first-order valence-electron chi connectivity index (χ1n) is 7.96. The van der Waals surface area contributed by atoms with Crippen molar-refractivity contribution in [3.8, 4) is 11.5 Å². The Labute approximate surface area is 139 Å². The molecule has 0 saturated heterocycles. The highest BCUT2D eigenvalue weighted by Crippen LogP contribution is 2.48. The van der Waals surface area contributed by atoms with Gasteiger partial charge in [0.05, 0.1) is 17.2 Å². The number of aliphatic hydroxyl groups is 1. The van der Waals surface area contributed by atoms with Gasteiger partial charge in [-0.3, -0.25) is 4.79 Å². The van der Waals surface area contributed by atoms with Gasteiger partial charge in [-0.2, -0.15) is 0 Å². The van der Waals surface area contributed by atoms with Crippen molar-refractivity contribution < 1.29 is 23.9 Å². The summed E-state index contributed by atoms with van der Waals surface area (Å²) in [5, 5.41) is 15.0. The largest absolute Gasteiger partial charge is 0.454 e. The minimum Gasteiger partial charge on any atom is -0.454 e. The van der Waals surface area contributed by atoms with E-state index in [0.29, 0.717) is 29.4 Å². The van der Waals surface area contributed by atoms with Crippen molar-refractivity contribution >= 4 is 5.78 Å². The summed E-state index contributed by atoms with van der Waals surface area (Å²) in [6, 6.07) is 5.62. The van der Waals surface area contributed by atoms with E-state index in [1.165, 1.54) is 6.92 Å². The minimum atomic E-state index is -1.19. The van der Waals surface area contributed by atoms with Crippen LogP contribution in [0.3, 0.4) is 0 Å². The molecule has 0 saturated carbocycles. The molecule has 0 radical (unpaired) electrons. The van der Waals surface area contributed by atoms with E-state index in [0.717, 1.165) is 11.1 Å². The molecule has 1 aliphatic heterocycles. The molecule has 24 heavy (non-hydrogen) atoms. The maximum atomic E-state index is 12.4. The van der Waals surface area contributed by atoms with E-state index in [4.69, 9.17) is 14.0 Å². The van der Waals surface area contributed by atoms with Crippen molar-refractivity contribution in [3.05, 3.63) is 40.8 Å². The van der Waals surface area contributed by atoms with E-state index in [1.807, 2.05) is 25.1 Å². The summed E-state index contributed by atoms with van der Waals surface area (Å²) in [6.07, 6.45) is 0.297. The van der Waals surface area contributed by atoms with E-state index in [-0.39, 0.29) is 18.5 Å². The fourth-order valence-corrected chi connectivity index (χ4v) is 4.06. The van der Waals surface area contributed by atoms with Crippen LogP contribution in [0.15, 0.2) is 22.7 Å². The van der Waals surface area contributed by atoms with Gasteiger partial charge in [-0.05, 0) is 38.5 Å². The molecule has 0 amide bonds. The summed E-state index contributed by atoms with van der Waals surface area (Å²) in [6.45, 7) is 5.23. The van der Waals surface area contributed by atoms with Gasteiger partial charge in [-0.1, -0.05) is 11.2 Å². The summed E-state index contributed by atoms with van der Waals surface area (Å²) in [4.78, 5) is 12.4. The third kappa shape index (κ3) is 2.13. The Kier molecular flexibility index (Phi) is 3.22. The maximum Gasteiger partial charge on any atom is 0.231 e. The second-order valence-corrected chi connectivity index (χ2v) is 6.81. The Hall–Kier alpha value is -2.34. The molecule has 2 aliphatic rings. The Morgan fingerprint density at radius 2 is 2.08 bits per heavy atom. The average molecular weight is 329 g/mol. The van der Waals surface area contributed by atoms with E-state index in [2.05, 4.69) is 5.16 Å². The molecular formula is C18H19NO5. The molecule has 2 aromatic rings. The molecule has 0 bridgehead atoms. The second kappa shape index (κ2) is 5.08. The van der Waals surface area contributed by atoms with Crippen LogP contribution in [0.1, 0.15) is 42.3 Å². The number of Topliss-reactive ketones (excluding diaryl/α,β-unsaturated/α-hetero) is 1. The average Bonchev–Trinajstić information content (AvgIpc) is 3.10. The van der Waals surface area contributed by atoms with E-state index < -0.39 is 11.5 Å². The Morgan fingerprint density at radius 3 is 2.83 bits per heavy atom. The number of carbonyl (C=O) groups is 1. The van der Waals surface area contributed by atoms with Gasteiger partial charge in [0.2, 0.25) is 6.79 Å². The SMILES string of the molecule is CC(=O)[C@H]1[C@H](c2ccc3c(c2)OCO3)c2c(noc2C)C[C@]1(C)O. The van der Waals surface area contributed by atoms with Crippen molar-refractivity contribution in [1.29, 1.82) is 0 Å². The summed E-state index contributed by atoms with van der Waals surface area (Å²) >= 11 is 0. The van der Waals surface area contributed by atoms with Gasteiger partial charge in [0.1, 0.15) is 11.5 Å².